The lowest BCUT2D eigenvalue weighted by molar-refractivity contribution is -0.140. The lowest BCUT2D eigenvalue weighted by Crippen LogP contribution is -2.11. The molecule has 0 fully saturated rings. The number of nitrogens with one attached hydrogen (secondary N) is 1. The quantitative estimate of drug-likeness (QED) is 0.813. The molecule has 0 bridgehead atoms. The topological polar surface area (TPSA) is 61.8 Å². The van der Waals surface area contributed by atoms with Gasteiger partial charge in [0.05, 0.1) is 5.56 Å². The first-order valence-electron chi connectivity index (χ1n) is 4.79. The van der Waals surface area contributed by atoms with Crippen LogP contribution < -0.4 is 0 Å². The van der Waals surface area contributed by atoms with Crippen LogP contribution in [0.2, 0.25) is 0 Å². The normalized spacial score (nSPS) is 13.6. The molecule has 0 amide bonds. The molecule has 0 aliphatic heterocycles. The van der Waals surface area contributed by atoms with Crippen LogP contribution in [0.25, 0.3) is 0 Å². The molecule has 0 radical (unpaired) electrons. The van der Waals surface area contributed by atoms with Crippen LogP contribution in [0.1, 0.15) is 23.1 Å². The van der Waals surface area contributed by atoms with E-state index in [4.69, 9.17) is 0 Å². The van der Waals surface area contributed by atoms with Crippen molar-refractivity contribution >= 4 is 0 Å². The summed E-state index contributed by atoms with van der Waals surface area (Å²) < 4.78 is 50.5. The first-order valence-corrected chi connectivity index (χ1v) is 4.79. The van der Waals surface area contributed by atoms with Gasteiger partial charge in [-0.25, -0.2) is 9.37 Å². The number of halogens is 4. The van der Waals surface area contributed by atoms with Crippen molar-refractivity contribution < 1.29 is 22.7 Å². The molecule has 0 saturated heterocycles. The monoisotopic (exact) mass is 261 g/mol. The Morgan fingerprint density at radius 3 is 2.56 bits per heavy atom. The molecule has 18 heavy (non-hydrogen) atoms. The molecule has 1 unspecified atom stereocenters. The Labute approximate surface area is 98.3 Å². The summed E-state index contributed by atoms with van der Waals surface area (Å²) in [4.78, 5) is 3.62. The fourth-order valence-corrected chi connectivity index (χ4v) is 1.43. The molecule has 4 nitrogen and oxygen atoms in total. The number of hydrogen-bond acceptors (Lipinski definition) is 3. The number of hydrogen-bond donors (Lipinski definition) is 2. The molecule has 2 N–H and O–H groups in total. The van der Waals surface area contributed by atoms with E-state index in [1.807, 2.05) is 0 Å². The number of benzene rings is 1. The first kappa shape index (κ1) is 12.5. The molecule has 1 aromatic carbocycles. The Kier molecular flexibility index (Phi) is 3.04. The van der Waals surface area contributed by atoms with Crippen LogP contribution in [0, 0.1) is 5.82 Å². The molecule has 0 saturated carbocycles. The summed E-state index contributed by atoms with van der Waals surface area (Å²) in [6, 6.07) is 2.25. The Balaban J connectivity index is 2.42. The summed E-state index contributed by atoms with van der Waals surface area (Å²) in [5.41, 5.74) is -1.56. The number of aromatic amines is 1. The minimum atomic E-state index is -4.82. The van der Waals surface area contributed by atoms with Crippen LogP contribution in [0.3, 0.4) is 0 Å². The molecular formula is C10H7F4N3O. The highest BCUT2D eigenvalue weighted by atomic mass is 19.4. The highest BCUT2D eigenvalue weighted by Crippen LogP contribution is 2.33. The second-order valence-corrected chi connectivity index (χ2v) is 3.51. The van der Waals surface area contributed by atoms with Gasteiger partial charge < -0.3 is 5.11 Å². The first-order chi connectivity index (χ1) is 8.39. The van der Waals surface area contributed by atoms with Gasteiger partial charge in [0.1, 0.15) is 18.2 Å². The number of aliphatic hydroxyl groups is 1. The summed E-state index contributed by atoms with van der Waals surface area (Å²) in [5, 5.41) is 15.5. The predicted octanol–water partition coefficient (Wildman–Crippen LogP) is 2.04. The van der Waals surface area contributed by atoms with E-state index in [2.05, 4.69) is 15.2 Å². The van der Waals surface area contributed by atoms with Gasteiger partial charge in [-0.3, -0.25) is 5.10 Å². The van der Waals surface area contributed by atoms with Crippen molar-refractivity contribution in [3.05, 3.63) is 47.3 Å². The molecule has 96 valence electrons. The van der Waals surface area contributed by atoms with Gasteiger partial charge in [-0.15, -0.1) is 0 Å². The standard InChI is InChI=1S/C10H7F4N3O/c11-7-2-1-5(3-6(7)10(12,13)14)8(18)9-15-4-16-17-9/h1-4,8,18H,(H,15,16,17). The van der Waals surface area contributed by atoms with Crippen LogP contribution >= 0.6 is 0 Å². The van der Waals surface area contributed by atoms with E-state index in [9.17, 15) is 22.7 Å². The zero-order chi connectivity index (χ0) is 13.3. The van der Waals surface area contributed by atoms with Crippen molar-refractivity contribution in [2.75, 3.05) is 0 Å². The minimum Gasteiger partial charge on any atom is -0.380 e. The fraction of sp³-hybridized carbons (Fsp3) is 0.200. The average molecular weight is 261 g/mol. The van der Waals surface area contributed by atoms with Gasteiger partial charge in [0.25, 0.3) is 0 Å². The van der Waals surface area contributed by atoms with Gasteiger partial charge in [-0.1, -0.05) is 6.07 Å². The Hall–Kier alpha value is -1.96. The van der Waals surface area contributed by atoms with Gasteiger partial charge in [-0.2, -0.15) is 18.3 Å². The second-order valence-electron chi connectivity index (χ2n) is 3.51. The van der Waals surface area contributed by atoms with E-state index < -0.39 is 23.7 Å². The van der Waals surface area contributed by atoms with Crippen molar-refractivity contribution in [2.45, 2.75) is 12.3 Å². The maximum atomic E-state index is 13.0. The third-order valence-corrected chi connectivity index (χ3v) is 2.30. The van der Waals surface area contributed by atoms with Crippen molar-refractivity contribution in [1.29, 1.82) is 0 Å². The van der Waals surface area contributed by atoms with Gasteiger partial charge in [0.2, 0.25) is 0 Å². The smallest absolute Gasteiger partial charge is 0.380 e. The third kappa shape index (κ3) is 2.33. The molecule has 0 spiro atoms. The molecule has 8 heteroatoms. The number of nitrogens with zero attached hydrogens (tertiary/aromatic N) is 2. The highest BCUT2D eigenvalue weighted by molar-refractivity contribution is 5.30. The van der Waals surface area contributed by atoms with E-state index in [1.54, 1.807) is 0 Å². The number of aromatic nitrogens is 3. The predicted molar refractivity (Wildman–Crippen MR) is 51.8 cm³/mol. The summed E-state index contributed by atoms with van der Waals surface area (Å²) in [5.74, 6) is -1.41. The van der Waals surface area contributed by atoms with E-state index in [1.165, 1.54) is 0 Å². The lowest BCUT2D eigenvalue weighted by Gasteiger charge is -2.12. The zero-order valence-electron chi connectivity index (χ0n) is 8.74. The van der Waals surface area contributed by atoms with Gasteiger partial charge in [-0.05, 0) is 17.7 Å². The van der Waals surface area contributed by atoms with Crippen LogP contribution in [0.4, 0.5) is 17.6 Å². The number of aliphatic hydroxyl groups excluding tert-OH is 1. The van der Waals surface area contributed by atoms with Crippen molar-refractivity contribution in [1.82, 2.24) is 15.2 Å². The summed E-state index contributed by atoms with van der Waals surface area (Å²) in [7, 11) is 0. The maximum absolute atomic E-state index is 13.0. The molecule has 2 aromatic rings. The summed E-state index contributed by atoms with van der Waals surface area (Å²) in [6.07, 6.45) is -5.14. The van der Waals surface area contributed by atoms with Crippen LogP contribution in [0.5, 0.6) is 0 Å². The summed E-state index contributed by atoms with van der Waals surface area (Å²) in [6.45, 7) is 0. The maximum Gasteiger partial charge on any atom is 0.419 e. The average Bonchev–Trinajstić information content (AvgIpc) is 2.80. The van der Waals surface area contributed by atoms with E-state index in [-0.39, 0.29) is 11.4 Å². The zero-order valence-corrected chi connectivity index (χ0v) is 8.74. The SMILES string of the molecule is OC(c1ccc(F)c(C(F)(F)F)c1)c1ncn[nH]1. The molecule has 1 aromatic heterocycles. The summed E-state index contributed by atoms with van der Waals surface area (Å²) >= 11 is 0. The third-order valence-electron chi connectivity index (χ3n) is 2.30. The number of alkyl halides is 3. The molecule has 0 aliphatic rings. The van der Waals surface area contributed by atoms with Crippen molar-refractivity contribution in [3.8, 4) is 0 Å². The molecule has 1 atom stereocenters. The van der Waals surface area contributed by atoms with Crippen LogP contribution in [-0.4, -0.2) is 20.3 Å². The van der Waals surface area contributed by atoms with Gasteiger partial charge in [0, 0.05) is 0 Å². The molecule has 2 rings (SSSR count). The van der Waals surface area contributed by atoms with Crippen LogP contribution in [-0.2, 0) is 6.18 Å². The van der Waals surface area contributed by atoms with Crippen molar-refractivity contribution in [3.63, 3.8) is 0 Å². The molecular weight excluding hydrogens is 254 g/mol. The van der Waals surface area contributed by atoms with Gasteiger partial charge in [0.15, 0.2) is 5.82 Å². The van der Waals surface area contributed by atoms with E-state index >= 15 is 0 Å². The highest BCUT2D eigenvalue weighted by Gasteiger charge is 2.34. The largest absolute Gasteiger partial charge is 0.419 e. The lowest BCUT2D eigenvalue weighted by atomic mass is 10.0. The second kappa shape index (κ2) is 4.37. The Bertz CT molecular complexity index is 539. The van der Waals surface area contributed by atoms with E-state index in [0.29, 0.717) is 12.1 Å². The Morgan fingerprint density at radius 2 is 2.00 bits per heavy atom. The molecule has 1 heterocycles. The molecule has 0 aliphatic carbocycles. The van der Waals surface area contributed by atoms with Crippen LogP contribution in [0.15, 0.2) is 24.5 Å². The number of H-pyrrole nitrogens is 1. The Morgan fingerprint density at radius 1 is 1.28 bits per heavy atom. The fourth-order valence-electron chi connectivity index (χ4n) is 1.43. The number of rotatable bonds is 2. The van der Waals surface area contributed by atoms with Gasteiger partial charge >= 0.3 is 6.18 Å². The van der Waals surface area contributed by atoms with E-state index in [0.717, 1.165) is 12.4 Å². The minimum absolute atomic E-state index is 0.0188. The van der Waals surface area contributed by atoms with Crippen molar-refractivity contribution in [2.24, 2.45) is 0 Å².